The summed E-state index contributed by atoms with van der Waals surface area (Å²) in [6.07, 6.45) is 5.59. The summed E-state index contributed by atoms with van der Waals surface area (Å²) in [4.78, 5) is 2.33. The lowest BCUT2D eigenvalue weighted by molar-refractivity contribution is 0.733. The molecule has 4 aromatic rings. The zero-order valence-corrected chi connectivity index (χ0v) is 18.1. The van der Waals surface area contributed by atoms with Crippen molar-refractivity contribution in [2.45, 2.75) is 26.2 Å². The molecule has 0 amide bonds. The van der Waals surface area contributed by atoms with Gasteiger partial charge in [0.05, 0.1) is 11.4 Å². The van der Waals surface area contributed by atoms with Crippen molar-refractivity contribution >= 4 is 17.5 Å². The molecule has 0 aliphatic carbocycles. The number of hydrogen-bond acceptors (Lipinski definition) is 1. The van der Waals surface area contributed by atoms with Gasteiger partial charge in [-0.05, 0) is 52.8 Å². The Labute approximate surface area is 185 Å². The van der Waals surface area contributed by atoms with Gasteiger partial charge in [0.2, 0.25) is 0 Å². The van der Waals surface area contributed by atoms with E-state index >= 15 is 0 Å². The molecule has 5 rings (SSSR count). The summed E-state index contributed by atoms with van der Waals surface area (Å²) in [5.41, 5.74) is 10.1. The first-order valence-electron chi connectivity index (χ1n) is 11.1. The van der Waals surface area contributed by atoms with Crippen molar-refractivity contribution in [3.05, 3.63) is 114 Å². The SMILES string of the molecule is CCC(C)c1ccc(C=CN2c3ccccc3-c3ccccc3-c3ccccc32)cc1. The van der Waals surface area contributed by atoms with E-state index in [4.69, 9.17) is 0 Å². The van der Waals surface area contributed by atoms with Crippen molar-refractivity contribution in [3.8, 4) is 22.3 Å². The van der Waals surface area contributed by atoms with Crippen molar-refractivity contribution < 1.29 is 0 Å². The van der Waals surface area contributed by atoms with Crippen LogP contribution >= 0.6 is 0 Å². The first-order chi connectivity index (χ1) is 15.3. The average Bonchev–Trinajstić information content (AvgIpc) is 2.96. The Balaban J connectivity index is 1.62. The number of hydrogen-bond donors (Lipinski definition) is 0. The third-order valence-corrected chi connectivity index (χ3v) is 6.37. The highest BCUT2D eigenvalue weighted by molar-refractivity contribution is 6.00. The Morgan fingerprint density at radius 3 is 1.65 bits per heavy atom. The molecule has 1 aliphatic rings. The maximum absolute atomic E-state index is 2.33. The molecule has 0 aromatic heterocycles. The van der Waals surface area contributed by atoms with Crippen LogP contribution in [-0.4, -0.2) is 0 Å². The highest BCUT2D eigenvalue weighted by Gasteiger charge is 2.22. The van der Waals surface area contributed by atoms with Gasteiger partial charge in [-0.3, -0.25) is 0 Å². The van der Waals surface area contributed by atoms with Gasteiger partial charge >= 0.3 is 0 Å². The van der Waals surface area contributed by atoms with Gasteiger partial charge in [0.15, 0.2) is 0 Å². The van der Waals surface area contributed by atoms with E-state index in [9.17, 15) is 0 Å². The zero-order chi connectivity index (χ0) is 21.2. The molecule has 0 radical (unpaired) electrons. The summed E-state index contributed by atoms with van der Waals surface area (Å²) in [7, 11) is 0. The summed E-state index contributed by atoms with van der Waals surface area (Å²) in [6.45, 7) is 4.53. The topological polar surface area (TPSA) is 3.24 Å². The first-order valence-corrected chi connectivity index (χ1v) is 11.1. The normalized spacial score (nSPS) is 13.3. The van der Waals surface area contributed by atoms with Gasteiger partial charge in [-0.15, -0.1) is 0 Å². The molecule has 152 valence electrons. The second-order valence-electron chi connectivity index (χ2n) is 8.24. The van der Waals surface area contributed by atoms with Crippen LogP contribution in [0, 0.1) is 0 Å². The minimum atomic E-state index is 0.598. The largest absolute Gasteiger partial charge is 0.316 e. The van der Waals surface area contributed by atoms with Gasteiger partial charge in [0.25, 0.3) is 0 Å². The molecule has 1 heterocycles. The summed E-state index contributed by atoms with van der Waals surface area (Å²) >= 11 is 0. The molecule has 0 N–H and O–H groups in total. The Morgan fingerprint density at radius 1 is 0.645 bits per heavy atom. The number of nitrogens with zero attached hydrogens (tertiary/aromatic N) is 1. The standard InChI is InChI=1S/C30H27N/c1-3-22(2)24-18-16-23(17-19-24)20-21-31-29-14-8-6-12-27(29)25-10-4-5-11-26(25)28-13-7-9-15-30(28)31/h4-22H,3H2,1-2H3. The molecule has 1 atom stereocenters. The number of rotatable bonds is 4. The molecule has 0 saturated carbocycles. The molecule has 0 bridgehead atoms. The van der Waals surface area contributed by atoms with Crippen molar-refractivity contribution in [1.29, 1.82) is 0 Å². The maximum Gasteiger partial charge on any atom is 0.0534 e. The molecule has 4 aromatic carbocycles. The lowest BCUT2D eigenvalue weighted by Gasteiger charge is -2.23. The van der Waals surface area contributed by atoms with E-state index < -0.39 is 0 Å². The molecule has 1 heteroatoms. The third-order valence-electron chi connectivity index (χ3n) is 6.37. The van der Waals surface area contributed by atoms with Crippen molar-refractivity contribution in [2.24, 2.45) is 0 Å². The summed E-state index contributed by atoms with van der Waals surface area (Å²) < 4.78 is 0. The predicted molar refractivity (Wildman–Crippen MR) is 134 cm³/mol. The van der Waals surface area contributed by atoms with Crippen LogP contribution in [0.3, 0.4) is 0 Å². The Morgan fingerprint density at radius 2 is 1.13 bits per heavy atom. The second-order valence-corrected chi connectivity index (χ2v) is 8.24. The van der Waals surface area contributed by atoms with E-state index in [1.165, 1.54) is 44.8 Å². The number of anilines is 2. The number of para-hydroxylation sites is 2. The molecule has 31 heavy (non-hydrogen) atoms. The molecule has 0 spiro atoms. The van der Waals surface area contributed by atoms with Gasteiger partial charge in [0, 0.05) is 17.3 Å². The van der Waals surface area contributed by atoms with Crippen LogP contribution in [0.1, 0.15) is 37.3 Å². The van der Waals surface area contributed by atoms with E-state index in [1.54, 1.807) is 0 Å². The molecule has 1 nitrogen and oxygen atoms in total. The van der Waals surface area contributed by atoms with Crippen molar-refractivity contribution in [1.82, 2.24) is 0 Å². The predicted octanol–water partition coefficient (Wildman–Crippen LogP) is 8.66. The van der Waals surface area contributed by atoms with Crippen LogP contribution in [0.4, 0.5) is 11.4 Å². The van der Waals surface area contributed by atoms with Crippen LogP contribution in [0.2, 0.25) is 0 Å². The summed E-state index contributed by atoms with van der Waals surface area (Å²) in [5, 5.41) is 0. The highest BCUT2D eigenvalue weighted by Crippen LogP contribution is 2.47. The van der Waals surface area contributed by atoms with Crippen molar-refractivity contribution in [3.63, 3.8) is 0 Å². The second kappa shape index (κ2) is 8.28. The highest BCUT2D eigenvalue weighted by atomic mass is 15.1. The van der Waals surface area contributed by atoms with E-state index in [2.05, 4.69) is 128 Å². The van der Waals surface area contributed by atoms with Crippen LogP contribution < -0.4 is 4.90 Å². The summed E-state index contributed by atoms with van der Waals surface area (Å²) in [6, 6.07) is 35.0. The fourth-order valence-corrected chi connectivity index (χ4v) is 4.40. The molecule has 0 saturated heterocycles. The molecule has 0 fully saturated rings. The van der Waals surface area contributed by atoms with E-state index in [0.717, 1.165) is 6.42 Å². The van der Waals surface area contributed by atoms with Crippen LogP contribution in [-0.2, 0) is 0 Å². The van der Waals surface area contributed by atoms with Gasteiger partial charge < -0.3 is 4.90 Å². The molecule has 1 unspecified atom stereocenters. The number of fused-ring (bicyclic) bond motifs is 5. The van der Waals surface area contributed by atoms with E-state index in [0.29, 0.717) is 5.92 Å². The van der Waals surface area contributed by atoms with Crippen molar-refractivity contribution in [2.75, 3.05) is 4.90 Å². The zero-order valence-electron chi connectivity index (χ0n) is 18.1. The minimum absolute atomic E-state index is 0.598. The van der Waals surface area contributed by atoms with Gasteiger partial charge in [-0.25, -0.2) is 0 Å². The smallest absolute Gasteiger partial charge is 0.0534 e. The lowest BCUT2D eigenvalue weighted by atomic mass is 9.95. The quantitative estimate of drug-likeness (QED) is 0.331. The fourth-order valence-electron chi connectivity index (χ4n) is 4.40. The van der Waals surface area contributed by atoms with Gasteiger partial charge in [0.1, 0.15) is 0 Å². The lowest BCUT2D eigenvalue weighted by Crippen LogP contribution is -2.09. The van der Waals surface area contributed by atoms with Crippen LogP contribution in [0.5, 0.6) is 0 Å². The maximum atomic E-state index is 2.33. The Kier molecular flexibility index (Phi) is 5.18. The first kappa shape index (κ1) is 19.4. The monoisotopic (exact) mass is 401 g/mol. The van der Waals surface area contributed by atoms with Gasteiger partial charge in [-0.2, -0.15) is 0 Å². The molecular formula is C30H27N. The summed E-state index contributed by atoms with van der Waals surface area (Å²) in [5.74, 6) is 0.598. The average molecular weight is 402 g/mol. The fraction of sp³-hybridized carbons (Fsp3) is 0.133. The van der Waals surface area contributed by atoms with Gasteiger partial charge in [-0.1, -0.05) is 98.8 Å². The molecular weight excluding hydrogens is 374 g/mol. The van der Waals surface area contributed by atoms with E-state index in [-0.39, 0.29) is 0 Å². The van der Waals surface area contributed by atoms with Crippen LogP contribution in [0.15, 0.2) is 103 Å². The molecule has 1 aliphatic heterocycles. The van der Waals surface area contributed by atoms with Crippen LogP contribution in [0.25, 0.3) is 28.3 Å². The number of benzene rings is 4. The Bertz CT molecular complexity index is 1170. The van der Waals surface area contributed by atoms with E-state index in [1.807, 2.05) is 0 Å². The third kappa shape index (κ3) is 3.57. The Hall–Kier alpha value is -3.58. The minimum Gasteiger partial charge on any atom is -0.316 e.